The first-order valence-corrected chi connectivity index (χ1v) is 5.93. The number of rotatable bonds is 5. The number of carboxylic acid groups (broad SMARTS) is 1. The molecule has 0 radical (unpaired) electrons. The van der Waals surface area contributed by atoms with Gasteiger partial charge in [-0.1, -0.05) is 11.6 Å². The summed E-state index contributed by atoms with van der Waals surface area (Å²) in [6.07, 6.45) is 0.431. The highest BCUT2D eigenvalue weighted by atomic mass is 35.5. The van der Waals surface area contributed by atoms with Crippen molar-refractivity contribution < 1.29 is 19.4 Å². The lowest BCUT2D eigenvalue weighted by Crippen LogP contribution is -2.05. The molecule has 0 aliphatic heterocycles. The second-order valence-corrected chi connectivity index (χ2v) is 4.38. The van der Waals surface area contributed by atoms with Gasteiger partial charge in [-0.05, 0) is 25.8 Å². The van der Waals surface area contributed by atoms with Crippen molar-refractivity contribution in [1.29, 1.82) is 0 Å². The number of benzene rings is 1. The van der Waals surface area contributed by atoms with Crippen molar-refractivity contribution in [3.05, 3.63) is 21.7 Å². The summed E-state index contributed by atoms with van der Waals surface area (Å²) in [4.78, 5) is 10.7. The van der Waals surface area contributed by atoms with Crippen LogP contribution in [0.1, 0.15) is 23.1 Å². The van der Waals surface area contributed by atoms with Gasteiger partial charge in [-0.25, -0.2) is 0 Å². The molecule has 0 saturated heterocycles. The van der Waals surface area contributed by atoms with Crippen LogP contribution >= 0.6 is 11.6 Å². The van der Waals surface area contributed by atoms with Gasteiger partial charge in [-0.3, -0.25) is 4.79 Å². The third-order valence-electron chi connectivity index (χ3n) is 2.93. The summed E-state index contributed by atoms with van der Waals surface area (Å²) < 4.78 is 10.6. The van der Waals surface area contributed by atoms with E-state index in [1.54, 1.807) is 14.2 Å². The molecule has 0 aliphatic carbocycles. The number of ether oxygens (including phenoxy) is 2. The normalized spacial score (nSPS) is 10.3. The Kier molecular flexibility index (Phi) is 4.84. The first-order chi connectivity index (χ1) is 8.43. The molecule has 0 saturated carbocycles. The lowest BCUT2D eigenvalue weighted by atomic mass is 9.98. The molecule has 0 fully saturated rings. The van der Waals surface area contributed by atoms with Gasteiger partial charge in [0.25, 0.3) is 0 Å². The van der Waals surface area contributed by atoms with Gasteiger partial charge in [0.15, 0.2) is 0 Å². The molecular formula is C13H17ClO4. The fourth-order valence-electron chi connectivity index (χ4n) is 2.02. The largest absolute Gasteiger partial charge is 0.496 e. The average molecular weight is 273 g/mol. The standard InChI is InChI=1S/C13H17ClO4/c1-7-9(5-6-10(15)16)12(17-3)8(2)11(14)13(7)18-4/h5-6H2,1-4H3,(H,15,16). The van der Waals surface area contributed by atoms with Crippen LogP contribution in [0.25, 0.3) is 0 Å². The molecule has 4 nitrogen and oxygen atoms in total. The second-order valence-electron chi connectivity index (χ2n) is 4.00. The van der Waals surface area contributed by atoms with E-state index in [0.717, 1.165) is 16.7 Å². The Labute approximate surface area is 111 Å². The van der Waals surface area contributed by atoms with Gasteiger partial charge in [0.2, 0.25) is 0 Å². The van der Waals surface area contributed by atoms with Crippen LogP contribution in [0.5, 0.6) is 11.5 Å². The van der Waals surface area contributed by atoms with E-state index in [9.17, 15) is 4.79 Å². The second kappa shape index (κ2) is 5.96. The number of aliphatic carboxylic acids is 1. The summed E-state index contributed by atoms with van der Waals surface area (Å²) >= 11 is 6.20. The first kappa shape index (κ1) is 14.6. The Balaban J connectivity index is 3.37. The summed E-state index contributed by atoms with van der Waals surface area (Å²) in [7, 11) is 3.09. The number of hydrogen-bond acceptors (Lipinski definition) is 3. The molecule has 1 N–H and O–H groups in total. The number of methoxy groups -OCH3 is 2. The van der Waals surface area contributed by atoms with Gasteiger partial charge in [0.1, 0.15) is 11.5 Å². The van der Waals surface area contributed by atoms with E-state index < -0.39 is 5.97 Å². The lowest BCUT2D eigenvalue weighted by molar-refractivity contribution is -0.136. The van der Waals surface area contributed by atoms with Crippen molar-refractivity contribution in [3.8, 4) is 11.5 Å². The maximum atomic E-state index is 10.7. The third-order valence-corrected chi connectivity index (χ3v) is 3.39. The lowest BCUT2D eigenvalue weighted by Gasteiger charge is -2.19. The van der Waals surface area contributed by atoms with Crippen molar-refractivity contribution >= 4 is 17.6 Å². The van der Waals surface area contributed by atoms with Gasteiger partial charge in [-0.15, -0.1) is 0 Å². The quantitative estimate of drug-likeness (QED) is 0.895. The Hall–Kier alpha value is -1.42. The Morgan fingerprint density at radius 1 is 1.17 bits per heavy atom. The SMILES string of the molecule is COc1c(C)c(CCC(=O)O)c(OC)c(C)c1Cl. The molecule has 100 valence electrons. The van der Waals surface area contributed by atoms with E-state index >= 15 is 0 Å². The predicted octanol–water partition coefficient (Wildman–Crippen LogP) is 2.99. The minimum atomic E-state index is -0.844. The molecule has 0 bridgehead atoms. The molecule has 1 aromatic rings. The van der Waals surface area contributed by atoms with Crippen LogP contribution in [-0.2, 0) is 11.2 Å². The molecule has 0 aliphatic rings. The molecule has 0 spiro atoms. The summed E-state index contributed by atoms with van der Waals surface area (Å²) in [5.74, 6) is 0.373. The molecule has 1 aromatic carbocycles. The Morgan fingerprint density at radius 2 is 1.72 bits per heavy atom. The number of carbonyl (C=O) groups is 1. The number of hydrogen-bond donors (Lipinski definition) is 1. The van der Waals surface area contributed by atoms with Gasteiger partial charge < -0.3 is 14.6 Å². The van der Waals surface area contributed by atoms with E-state index in [4.69, 9.17) is 26.2 Å². The number of carboxylic acids is 1. The minimum Gasteiger partial charge on any atom is -0.496 e. The van der Waals surface area contributed by atoms with E-state index in [1.807, 2.05) is 13.8 Å². The zero-order valence-electron chi connectivity index (χ0n) is 11.0. The minimum absolute atomic E-state index is 0.0431. The van der Waals surface area contributed by atoms with E-state index in [0.29, 0.717) is 22.9 Å². The van der Waals surface area contributed by atoms with Gasteiger partial charge in [0, 0.05) is 17.5 Å². The summed E-state index contributed by atoms with van der Waals surface area (Å²) in [6.45, 7) is 3.68. The molecule has 0 aromatic heterocycles. The maximum absolute atomic E-state index is 10.7. The van der Waals surface area contributed by atoms with Crippen molar-refractivity contribution in [1.82, 2.24) is 0 Å². The molecule has 0 atom stereocenters. The van der Waals surface area contributed by atoms with Crippen LogP contribution < -0.4 is 9.47 Å². The summed E-state index contributed by atoms with van der Waals surface area (Å²) in [6, 6.07) is 0. The van der Waals surface area contributed by atoms with Crippen LogP contribution in [0, 0.1) is 13.8 Å². The highest BCUT2D eigenvalue weighted by molar-refractivity contribution is 6.33. The highest BCUT2D eigenvalue weighted by Gasteiger charge is 2.20. The zero-order valence-corrected chi connectivity index (χ0v) is 11.7. The van der Waals surface area contributed by atoms with Crippen molar-refractivity contribution in [2.45, 2.75) is 26.7 Å². The first-order valence-electron chi connectivity index (χ1n) is 5.55. The summed E-state index contributed by atoms with van der Waals surface area (Å²) in [5.41, 5.74) is 2.42. The zero-order chi connectivity index (χ0) is 13.9. The topological polar surface area (TPSA) is 55.8 Å². The fourth-order valence-corrected chi connectivity index (χ4v) is 2.32. The molecular weight excluding hydrogens is 256 g/mol. The Morgan fingerprint density at radius 3 is 2.17 bits per heavy atom. The third kappa shape index (κ3) is 2.70. The Bertz CT molecular complexity index is 469. The van der Waals surface area contributed by atoms with E-state index in [2.05, 4.69) is 0 Å². The predicted molar refractivity (Wildman–Crippen MR) is 70.0 cm³/mol. The fraction of sp³-hybridized carbons (Fsp3) is 0.462. The van der Waals surface area contributed by atoms with Crippen molar-refractivity contribution in [3.63, 3.8) is 0 Å². The monoisotopic (exact) mass is 272 g/mol. The van der Waals surface area contributed by atoms with Crippen LogP contribution in [0.15, 0.2) is 0 Å². The maximum Gasteiger partial charge on any atom is 0.303 e. The molecule has 0 heterocycles. The van der Waals surface area contributed by atoms with Crippen molar-refractivity contribution in [2.24, 2.45) is 0 Å². The van der Waals surface area contributed by atoms with E-state index in [-0.39, 0.29) is 6.42 Å². The molecule has 5 heteroatoms. The molecule has 0 unspecified atom stereocenters. The molecule has 18 heavy (non-hydrogen) atoms. The van der Waals surface area contributed by atoms with Crippen molar-refractivity contribution in [2.75, 3.05) is 14.2 Å². The summed E-state index contributed by atoms with van der Waals surface area (Å²) in [5, 5.41) is 9.29. The smallest absolute Gasteiger partial charge is 0.303 e. The van der Waals surface area contributed by atoms with Crippen LogP contribution in [0.3, 0.4) is 0 Å². The molecule has 0 amide bonds. The van der Waals surface area contributed by atoms with Crippen LogP contribution in [-0.4, -0.2) is 25.3 Å². The average Bonchev–Trinajstić information content (AvgIpc) is 2.32. The highest BCUT2D eigenvalue weighted by Crippen LogP contribution is 2.41. The van der Waals surface area contributed by atoms with Gasteiger partial charge >= 0.3 is 5.97 Å². The van der Waals surface area contributed by atoms with Gasteiger partial charge in [0.05, 0.1) is 19.2 Å². The molecule has 1 rings (SSSR count). The van der Waals surface area contributed by atoms with Gasteiger partial charge in [-0.2, -0.15) is 0 Å². The van der Waals surface area contributed by atoms with E-state index in [1.165, 1.54) is 0 Å². The van der Waals surface area contributed by atoms with Crippen LogP contribution in [0.4, 0.5) is 0 Å². The van der Waals surface area contributed by atoms with Crippen LogP contribution in [0.2, 0.25) is 5.02 Å². The number of halogens is 1.